The van der Waals surface area contributed by atoms with Crippen molar-refractivity contribution in [2.24, 2.45) is 0 Å². The number of aliphatic carboxylic acids is 1. The zero-order chi connectivity index (χ0) is 7.56. The van der Waals surface area contributed by atoms with Crippen molar-refractivity contribution in [3.05, 3.63) is 24.2 Å². The number of hydrogen-bond donors (Lipinski definition) is 1. The van der Waals surface area contributed by atoms with Gasteiger partial charge in [0.1, 0.15) is 6.26 Å². The second-order valence-corrected chi connectivity index (χ2v) is 1.76. The lowest BCUT2D eigenvalue weighted by atomic mass is 10.3. The van der Waals surface area contributed by atoms with Crippen molar-refractivity contribution in [3.8, 4) is 0 Å². The predicted octanol–water partition coefficient (Wildman–Crippen LogP) is 0.837. The largest absolute Gasteiger partial charge is 0.479 e. The van der Waals surface area contributed by atoms with Crippen molar-refractivity contribution in [2.75, 3.05) is 0 Å². The third-order valence-corrected chi connectivity index (χ3v) is 1.00. The highest BCUT2D eigenvalue weighted by Crippen LogP contribution is 2.09. The van der Waals surface area contributed by atoms with Crippen LogP contribution in [0.2, 0.25) is 0 Å². The molecule has 0 aromatic rings. The van der Waals surface area contributed by atoms with Crippen LogP contribution in [0.25, 0.3) is 0 Å². The Labute approximate surface area is 56.4 Å². The quantitative estimate of drug-likeness (QED) is 0.593. The molecule has 0 spiro atoms. The Kier molecular flexibility index (Phi) is 1.71. The van der Waals surface area contributed by atoms with Crippen LogP contribution in [0.15, 0.2) is 24.2 Å². The smallest absolute Gasteiger partial charge is 0.349 e. The summed E-state index contributed by atoms with van der Waals surface area (Å²) in [6, 6.07) is 0. The lowest BCUT2D eigenvalue weighted by molar-refractivity contribution is -0.144. The third-order valence-electron chi connectivity index (χ3n) is 1.00. The van der Waals surface area contributed by atoms with Gasteiger partial charge in [0.05, 0.1) is 0 Å². The zero-order valence-electron chi connectivity index (χ0n) is 4.95. The number of hydrogen-bond acceptors (Lipinski definition) is 2. The van der Waals surface area contributed by atoms with E-state index in [1.54, 1.807) is 0 Å². The minimum absolute atomic E-state index is 0.572. The molecule has 0 saturated heterocycles. The standard InChI is InChI=1S/C6H5FO3/c7-4-1-2-5(6(8)9)10-3-4/h1-3,5H,(H,8,9). The van der Waals surface area contributed by atoms with E-state index < -0.39 is 17.9 Å². The molecule has 0 bridgehead atoms. The molecule has 0 aromatic heterocycles. The average molecular weight is 144 g/mol. The number of rotatable bonds is 1. The fraction of sp³-hybridized carbons (Fsp3) is 0.167. The zero-order valence-corrected chi connectivity index (χ0v) is 4.95. The summed E-state index contributed by atoms with van der Waals surface area (Å²) in [4.78, 5) is 10.1. The van der Waals surface area contributed by atoms with E-state index in [1.165, 1.54) is 0 Å². The summed E-state index contributed by atoms with van der Waals surface area (Å²) in [6.07, 6.45) is 1.93. The SMILES string of the molecule is O=C(O)C1C=CC(F)=CO1. The molecule has 3 nitrogen and oxygen atoms in total. The highest BCUT2D eigenvalue weighted by molar-refractivity contribution is 5.75. The summed E-state index contributed by atoms with van der Waals surface area (Å²) in [6.45, 7) is 0. The van der Waals surface area contributed by atoms with E-state index in [1.807, 2.05) is 0 Å². The Bertz CT molecular complexity index is 207. The summed E-state index contributed by atoms with van der Waals surface area (Å²) in [7, 11) is 0. The Morgan fingerprint density at radius 3 is 2.90 bits per heavy atom. The van der Waals surface area contributed by atoms with Crippen LogP contribution in [0.5, 0.6) is 0 Å². The van der Waals surface area contributed by atoms with Gasteiger partial charge in [-0.05, 0) is 12.2 Å². The Balaban J connectivity index is 2.60. The molecule has 1 unspecified atom stereocenters. The Morgan fingerprint density at radius 1 is 1.80 bits per heavy atom. The molecule has 0 saturated carbocycles. The number of carbonyl (C=O) groups is 1. The molecule has 54 valence electrons. The van der Waals surface area contributed by atoms with Crippen molar-refractivity contribution >= 4 is 5.97 Å². The summed E-state index contributed by atoms with van der Waals surface area (Å²) >= 11 is 0. The first kappa shape index (κ1) is 6.80. The van der Waals surface area contributed by atoms with Gasteiger partial charge < -0.3 is 9.84 Å². The van der Waals surface area contributed by atoms with E-state index in [4.69, 9.17) is 5.11 Å². The summed E-state index contributed by atoms with van der Waals surface area (Å²) in [5.41, 5.74) is 0. The summed E-state index contributed by atoms with van der Waals surface area (Å²) < 4.78 is 16.5. The van der Waals surface area contributed by atoms with Gasteiger partial charge in [0.2, 0.25) is 6.10 Å². The van der Waals surface area contributed by atoms with Gasteiger partial charge in [-0.3, -0.25) is 0 Å². The molecular formula is C6H5FO3. The van der Waals surface area contributed by atoms with E-state index in [9.17, 15) is 9.18 Å². The van der Waals surface area contributed by atoms with Gasteiger partial charge in [0.25, 0.3) is 0 Å². The molecule has 0 aliphatic carbocycles. The van der Waals surface area contributed by atoms with Gasteiger partial charge >= 0.3 is 5.97 Å². The lowest BCUT2D eigenvalue weighted by Crippen LogP contribution is -2.20. The van der Waals surface area contributed by atoms with Crippen molar-refractivity contribution < 1.29 is 19.0 Å². The molecular weight excluding hydrogens is 139 g/mol. The average Bonchev–Trinajstić information content (AvgIpc) is 1.88. The summed E-state index contributed by atoms with van der Waals surface area (Å²) in [5.74, 6) is -1.70. The van der Waals surface area contributed by atoms with Crippen LogP contribution >= 0.6 is 0 Å². The second-order valence-electron chi connectivity index (χ2n) is 1.76. The molecule has 10 heavy (non-hydrogen) atoms. The lowest BCUT2D eigenvalue weighted by Gasteiger charge is -2.09. The van der Waals surface area contributed by atoms with Gasteiger partial charge in [-0.1, -0.05) is 0 Å². The third kappa shape index (κ3) is 1.34. The monoisotopic (exact) mass is 144 g/mol. The fourth-order valence-corrected chi connectivity index (χ4v) is 0.543. The van der Waals surface area contributed by atoms with Crippen LogP contribution in [-0.2, 0) is 9.53 Å². The van der Waals surface area contributed by atoms with Crippen LogP contribution in [0.4, 0.5) is 4.39 Å². The molecule has 1 N–H and O–H groups in total. The van der Waals surface area contributed by atoms with Gasteiger partial charge in [0.15, 0.2) is 5.83 Å². The topological polar surface area (TPSA) is 46.5 Å². The predicted molar refractivity (Wildman–Crippen MR) is 30.8 cm³/mol. The number of ether oxygens (including phenoxy) is 1. The van der Waals surface area contributed by atoms with Gasteiger partial charge in [-0.2, -0.15) is 0 Å². The number of halogens is 1. The molecule has 1 heterocycles. The fourth-order valence-electron chi connectivity index (χ4n) is 0.543. The highest BCUT2D eigenvalue weighted by Gasteiger charge is 2.16. The van der Waals surface area contributed by atoms with Crippen molar-refractivity contribution in [1.82, 2.24) is 0 Å². The molecule has 1 aliphatic rings. The Morgan fingerprint density at radius 2 is 2.50 bits per heavy atom. The minimum atomic E-state index is -1.13. The van der Waals surface area contributed by atoms with Gasteiger partial charge in [-0.25, -0.2) is 9.18 Å². The minimum Gasteiger partial charge on any atom is -0.479 e. The molecule has 0 amide bonds. The van der Waals surface area contributed by atoms with E-state index in [0.717, 1.165) is 18.4 Å². The molecule has 1 aliphatic heterocycles. The van der Waals surface area contributed by atoms with E-state index in [-0.39, 0.29) is 0 Å². The molecule has 4 heteroatoms. The van der Waals surface area contributed by atoms with Crippen molar-refractivity contribution in [2.45, 2.75) is 6.10 Å². The van der Waals surface area contributed by atoms with Crippen LogP contribution in [-0.4, -0.2) is 17.2 Å². The van der Waals surface area contributed by atoms with Gasteiger partial charge in [0, 0.05) is 0 Å². The maximum absolute atomic E-state index is 12.1. The number of allylic oxidation sites excluding steroid dienone is 2. The number of carboxylic acids is 1. The van der Waals surface area contributed by atoms with Crippen LogP contribution in [0.1, 0.15) is 0 Å². The summed E-state index contributed by atoms with van der Waals surface area (Å²) in [5, 5.41) is 8.30. The van der Waals surface area contributed by atoms with Crippen molar-refractivity contribution in [3.63, 3.8) is 0 Å². The molecule has 1 rings (SSSR count). The normalized spacial score (nSPS) is 23.3. The van der Waals surface area contributed by atoms with Crippen molar-refractivity contribution in [1.29, 1.82) is 0 Å². The first-order chi connectivity index (χ1) is 4.70. The maximum Gasteiger partial charge on any atom is 0.349 e. The van der Waals surface area contributed by atoms with E-state index in [0.29, 0.717) is 0 Å². The molecule has 0 fully saturated rings. The molecule has 0 aromatic carbocycles. The van der Waals surface area contributed by atoms with Crippen LogP contribution in [0.3, 0.4) is 0 Å². The second kappa shape index (κ2) is 2.51. The van der Waals surface area contributed by atoms with E-state index >= 15 is 0 Å². The molecule has 0 radical (unpaired) electrons. The van der Waals surface area contributed by atoms with E-state index in [2.05, 4.69) is 4.74 Å². The first-order valence-electron chi connectivity index (χ1n) is 2.62. The molecule has 1 atom stereocenters. The number of carboxylic acid groups (broad SMARTS) is 1. The maximum atomic E-state index is 12.1. The first-order valence-corrected chi connectivity index (χ1v) is 2.62. The van der Waals surface area contributed by atoms with Crippen LogP contribution < -0.4 is 0 Å². The van der Waals surface area contributed by atoms with Crippen LogP contribution in [0, 0.1) is 0 Å². The van der Waals surface area contributed by atoms with Gasteiger partial charge in [-0.15, -0.1) is 0 Å². The highest BCUT2D eigenvalue weighted by atomic mass is 19.1. The Hall–Kier alpha value is -1.32.